The van der Waals surface area contributed by atoms with Crippen molar-refractivity contribution < 1.29 is 12.4 Å². The van der Waals surface area contributed by atoms with Crippen LogP contribution in [0.15, 0.2) is 36.4 Å². The van der Waals surface area contributed by atoms with E-state index in [4.69, 9.17) is 11.0 Å². The van der Waals surface area contributed by atoms with E-state index in [2.05, 4.69) is 16.4 Å². The third-order valence-electron chi connectivity index (χ3n) is 5.41. The van der Waals surface area contributed by atoms with Crippen molar-refractivity contribution in [1.82, 2.24) is 10.3 Å². The molecule has 1 aliphatic carbocycles. The van der Waals surface area contributed by atoms with Crippen LogP contribution in [0.3, 0.4) is 0 Å². The number of amides is 1. The quantitative estimate of drug-likeness (QED) is 0.652. The second-order valence-electron chi connectivity index (χ2n) is 7.51. The van der Waals surface area contributed by atoms with Gasteiger partial charge in [-0.05, 0) is 35.9 Å². The first-order valence-electron chi connectivity index (χ1n) is 9.12. The molecule has 28 heavy (non-hydrogen) atoms. The normalized spacial score (nSPS) is 14.3. The van der Waals surface area contributed by atoms with Crippen molar-refractivity contribution in [1.29, 1.82) is 5.26 Å². The van der Waals surface area contributed by atoms with Crippen LogP contribution in [0.5, 0.6) is 0 Å². The molecule has 0 aliphatic heterocycles. The van der Waals surface area contributed by atoms with Crippen molar-refractivity contribution in [3.8, 4) is 6.07 Å². The minimum atomic E-state index is -0.505. The molecular weight excluding hydrogens is 352 g/mol. The summed E-state index contributed by atoms with van der Waals surface area (Å²) in [7, 11) is 0. The van der Waals surface area contributed by atoms with Crippen molar-refractivity contribution in [3.63, 3.8) is 0 Å². The molecule has 1 aromatic heterocycles. The average Bonchev–Trinajstić information content (AvgIpc) is 3.10. The number of fused-ring (bicyclic) bond motifs is 4. The Morgan fingerprint density at radius 2 is 2.07 bits per heavy atom. The second-order valence-corrected chi connectivity index (χ2v) is 7.51. The molecule has 1 aliphatic rings. The maximum absolute atomic E-state index is 13.3. The predicted octanol–water partition coefficient (Wildman–Crippen LogP) is 3.09. The molecule has 1 amide bonds. The number of benzene rings is 2. The number of aromatic nitrogens is 1. The van der Waals surface area contributed by atoms with Crippen LogP contribution in [0.1, 0.15) is 59.8 Å². The van der Waals surface area contributed by atoms with Gasteiger partial charge in [-0.2, -0.15) is 5.26 Å². The monoisotopic (exact) mass is 376 g/mol. The molecule has 0 saturated carbocycles. The number of nitriles is 1. The van der Waals surface area contributed by atoms with Gasteiger partial charge < -0.3 is 16.0 Å². The van der Waals surface area contributed by atoms with Gasteiger partial charge in [0.2, 0.25) is 0 Å². The van der Waals surface area contributed by atoms with E-state index in [0.717, 1.165) is 22.2 Å². The van der Waals surface area contributed by atoms with Crippen LogP contribution in [0, 0.1) is 11.3 Å². The van der Waals surface area contributed by atoms with Gasteiger partial charge in [0.15, 0.2) is 5.78 Å². The van der Waals surface area contributed by atoms with Gasteiger partial charge in [0, 0.05) is 49.1 Å². The van der Waals surface area contributed by atoms with Crippen molar-refractivity contribution >= 4 is 22.6 Å². The molecule has 3 aromatic rings. The summed E-state index contributed by atoms with van der Waals surface area (Å²) in [5.41, 5.74) is 9.58. The number of hydrogen-bond donors (Lipinski definition) is 3. The summed E-state index contributed by atoms with van der Waals surface area (Å²) in [6, 6.07) is 12.6. The third-order valence-corrected chi connectivity index (χ3v) is 5.41. The fourth-order valence-electron chi connectivity index (χ4n) is 3.93. The Kier molecular flexibility index (Phi) is 4.06. The molecule has 0 atom stereocenters. The van der Waals surface area contributed by atoms with Crippen LogP contribution < -0.4 is 11.1 Å². The van der Waals surface area contributed by atoms with Gasteiger partial charge in [0.05, 0.1) is 17.2 Å². The lowest BCUT2D eigenvalue weighted by molar-refractivity contribution is 0.0952. The van der Waals surface area contributed by atoms with Crippen LogP contribution in [0.25, 0.3) is 10.9 Å². The fraction of sp³-hybridized carbons (Fsp3) is 0.227. The van der Waals surface area contributed by atoms with E-state index in [1.54, 1.807) is 30.3 Å². The Balaban J connectivity index is 0.00000160. The number of nitrogens with one attached hydrogen (secondary N) is 2. The first kappa shape index (κ1) is 18.0. The van der Waals surface area contributed by atoms with E-state index in [-0.39, 0.29) is 14.5 Å². The largest absolute Gasteiger partial charge is 0.357 e. The number of hydrogen-bond acceptors (Lipinski definition) is 4. The topological polar surface area (TPSA) is 112 Å². The summed E-state index contributed by atoms with van der Waals surface area (Å²) in [4.78, 5) is 29.0. The van der Waals surface area contributed by atoms with Crippen LogP contribution >= 0.6 is 0 Å². The fourth-order valence-corrected chi connectivity index (χ4v) is 3.93. The Bertz CT molecular complexity index is 1190. The molecule has 0 bridgehead atoms. The Labute approximate surface area is 165 Å². The summed E-state index contributed by atoms with van der Waals surface area (Å²) >= 11 is 0. The number of nitrogens with zero attached hydrogens (tertiary/aromatic N) is 1. The van der Waals surface area contributed by atoms with Gasteiger partial charge in [-0.1, -0.05) is 19.9 Å². The van der Waals surface area contributed by atoms with E-state index in [1.165, 1.54) is 0 Å². The number of aromatic amines is 1. The number of nitrogens with two attached hydrogens (primary N) is 1. The Morgan fingerprint density at radius 3 is 2.79 bits per heavy atom. The first-order valence-corrected chi connectivity index (χ1v) is 9.12. The smallest absolute Gasteiger partial charge is 0.251 e. The van der Waals surface area contributed by atoms with Gasteiger partial charge in [0.25, 0.3) is 5.91 Å². The molecular formula is C22H24N4O2. The zero-order chi connectivity index (χ0) is 20.1. The molecule has 144 valence electrons. The lowest BCUT2D eigenvalue weighted by Gasteiger charge is -2.32. The third kappa shape index (κ3) is 2.52. The van der Waals surface area contributed by atoms with Crippen molar-refractivity contribution in [3.05, 3.63) is 69.9 Å². The van der Waals surface area contributed by atoms with E-state index >= 15 is 0 Å². The van der Waals surface area contributed by atoms with Crippen LogP contribution in [0.4, 0.5) is 0 Å². The lowest BCUT2D eigenvalue weighted by atomic mass is 9.71. The summed E-state index contributed by atoms with van der Waals surface area (Å²) in [5.74, 6) is -0.285. The first-order chi connectivity index (χ1) is 13.4. The highest BCUT2D eigenvalue weighted by molar-refractivity contribution is 6.20. The SMILES string of the molecule is CC1(C)c2cc(C(=O)NCCN)ccc2C(=O)c2c1[nH]c1cc(C#N)ccc21.[HH].[HH]. The molecule has 4 N–H and O–H groups in total. The molecule has 2 aromatic carbocycles. The molecule has 0 radical (unpaired) electrons. The average molecular weight is 376 g/mol. The van der Waals surface area contributed by atoms with Gasteiger partial charge in [0.1, 0.15) is 0 Å². The molecule has 0 unspecified atom stereocenters. The molecule has 6 heteroatoms. The highest BCUT2D eigenvalue weighted by atomic mass is 16.1. The Morgan fingerprint density at radius 1 is 1.29 bits per heavy atom. The lowest BCUT2D eigenvalue weighted by Crippen LogP contribution is -2.32. The number of H-pyrrole nitrogens is 1. The maximum Gasteiger partial charge on any atom is 0.251 e. The summed E-state index contributed by atoms with van der Waals surface area (Å²) in [5, 5.41) is 12.7. The summed E-state index contributed by atoms with van der Waals surface area (Å²) in [6.07, 6.45) is 0. The number of rotatable bonds is 3. The second kappa shape index (κ2) is 6.32. The van der Waals surface area contributed by atoms with Gasteiger partial charge in [-0.25, -0.2) is 0 Å². The number of ketones is 1. The molecule has 4 rings (SSSR count). The highest BCUT2D eigenvalue weighted by Gasteiger charge is 2.39. The van der Waals surface area contributed by atoms with Crippen LogP contribution in [-0.4, -0.2) is 29.8 Å². The summed E-state index contributed by atoms with van der Waals surface area (Å²) in [6.45, 7) is 4.81. The van der Waals surface area contributed by atoms with Gasteiger partial charge in [-0.3, -0.25) is 9.59 Å². The molecule has 0 spiro atoms. The van der Waals surface area contributed by atoms with Crippen LogP contribution in [-0.2, 0) is 5.41 Å². The molecule has 1 heterocycles. The molecule has 0 saturated heterocycles. The Hall–Kier alpha value is -3.43. The van der Waals surface area contributed by atoms with Crippen molar-refractivity contribution in [2.24, 2.45) is 5.73 Å². The number of carbonyl (C=O) groups excluding carboxylic acids is 2. The zero-order valence-electron chi connectivity index (χ0n) is 15.7. The van der Waals surface area contributed by atoms with E-state index in [0.29, 0.717) is 35.3 Å². The summed E-state index contributed by atoms with van der Waals surface area (Å²) < 4.78 is 0. The minimum absolute atomic E-state index is 0. The van der Waals surface area contributed by atoms with Crippen molar-refractivity contribution in [2.75, 3.05) is 13.1 Å². The molecule has 0 fully saturated rings. The van der Waals surface area contributed by atoms with Crippen molar-refractivity contribution in [2.45, 2.75) is 19.3 Å². The number of carbonyl (C=O) groups is 2. The predicted molar refractivity (Wildman–Crippen MR) is 111 cm³/mol. The van der Waals surface area contributed by atoms with E-state index in [9.17, 15) is 9.59 Å². The maximum atomic E-state index is 13.3. The standard InChI is InChI=1S/C22H20N4O2.2H2/c1-22(2)16-10-13(21(28)25-8-7-23)4-6-14(16)19(27)18-15-5-3-12(11-24)9-17(15)26-20(18)22;;/h3-6,9-10,26H,7-8,23H2,1-2H3,(H,25,28);2*1H. The van der Waals surface area contributed by atoms with Crippen LogP contribution in [0.2, 0.25) is 0 Å². The molecule has 6 nitrogen and oxygen atoms in total. The van der Waals surface area contributed by atoms with E-state index < -0.39 is 5.41 Å². The minimum Gasteiger partial charge on any atom is -0.357 e. The highest BCUT2D eigenvalue weighted by Crippen LogP contribution is 2.43. The zero-order valence-corrected chi connectivity index (χ0v) is 15.7. The van der Waals surface area contributed by atoms with Gasteiger partial charge in [-0.15, -0.1) is 0 Å². The van der Waals surface area contributed by atoms with Gasteiger partial charge >= 0.3 is 0 Å². The van der Waals surface area contributed by atoms with E-state index in [1.807, 2.05) is 19.9 Å².